The molecule has 0 aromatic heterocycles. The van der Waals surface area contributed by atoms with Gasteiger partial charge in [0.25, 0.3) is 5.91 Å². The van der Waals surface area contributed by atoms with E-state index in [4.69, 9.17) is 0 Å². The van der Waals surface area contributed by atoms with E-state index < -0.39 is 17.3 Å². The van der Waals surface area contributed by atoms with Gasteiger partial charge in [0.1, 0.15) is 5.82 Å². The molecule has 0 saturated carbocycles. The molecule has 1 amide bonds. The second kappa shape index (κ2) is 6.84. The molecule has 1 unspecified atom stereocenters. The Morgan fingerprint density at radius 3 is 2.70 bits per heavy atom. The third-order valence-corrected chi connectivity index (χ3v) is 3.26. The van der Waals surface area contributed by atoms with Crippen LogP contribution in [0.2, 0.25) is 0 Å². The van der Waals surface area contributed by atoms with Gasteiger partial charge in [0, 0.05) is 6.54 Å². The molecule has 0 saturated heterocycles. The molecule has 1 atom stereocenters. The SMILES string of the molecule is Cc1ccc(F)c(C(=O)NCC(C)(O)CCC(C)C)c1. The summed E-state index contributed by atoms with van der Waals surface area (Å²) >= 11 is 0. The average Bonchev–Trinajstić information content (AvgIpc) is 2.37. The van der Waals surface area contributed by atoms with E-state index in [1.54, 1.807) is 19.9 Å². The second-order valence-electron chi connectivity index (χ2n) is 6.10. The summed E-state index contributed by atoms with van der Waals surface area (Å²) < 4.78 is 13.6. The maximum Gasteiger partial charge on any atom is 0.254 e. The number of aryl methyl sites for hydroxylation is 1. The van der Waals surface area contributed by atoms with Crippen LogP contribution in [-0.2, 0) is 0 Å². The van der Waals surface area contributed by atoms with Crippen LogP contribution < -0.4 is 5.32 Å². The molecule has 0 aliphatic heterocycles. The fraction of sp³-hybridized carbons (Fsp3) is 0.562. The number of carbonyl (C=O) groups is 1. The van der Waals surface area contributed by atoms with Gasteiger partial charge in [-0.3, -0.25) is 4.79 Å². The number of carbonyl (C=O) groups excluding carboxylic acids is 1. The van der Waals surface area contributed by atoms with Crippen LogP contribution >= 0.6 is 0 Å². The number of amides is 1. The Kier molecular flexibility index (Phi) is 5.69. The highest BCUT2D eigenvalue weighted by Gasteiger charge is 2.22. The van der Waals surface area contributed by atoms with E-state index in [9.17, 15) is 14.3 Å². The highest BCUT2D eigenvalue weighted by Crippen LogP contribution is 2.16. The zero-order chi connectivity index (χ0) is 15.3. The number of aliphatic hydroxyl groups is 1. The third-order valence-electron chi connectivity index (χ3n) is 3.26. The van der Waals surface area contributed by atoms with Gasteiger partial charge in [-0.05, 0) is 44.7 Å². The van der Waals surface area contributed by atoms with Crippen molar-refractivity contribution >= 4 is 5.91 Å². The molecular formula is C16H24FNO2. The second-order valence-corrected chi connectivity index (χ2v) is 6.10. The van der Waals surface area contributed by atoms with Gasteiger partial charge in [-0.15, -0.1) is 0 Å². The fourth-order valence-corrected chi connectivity index (χ4v) is 1.87. The molecule has 0 aliphatic carbocycles. The van der Waals surface area contributed by atoms with Gasteiger partial charge < -0.3 is 10.4 Å². The number of hydrogen-bond donors (Lipinski definition) is 2. The predicted molar refractivity (Wildman–Crippen MR) is 78.2 cm³/mol. The molecule has 0 bridgehead atoms. The summed E-state index contributed by atoms with van der Waals surface area (Å²) in [6.07, 6.45) is 1.48. The van der Waals surface area contributed by atoms with Crippen molar-refractivity contribution in [3.8, 4) is 0 Å². The summed E-state index contributed by atoms with van der Waals surface area (Å²) in [7, 11) is 0. The van der Waals surface area contributed by atoms with Crippen molar-refractivity contribution < 1.29 is 14.3 Å². The first-order chi connectivity index (χ1) is 9.21. The Morgan fingerprint density at radius 1 is 1.45 bits per heavy atom. The average molecular weight is 281 g/mol. The van der Waals surface area contributed by atoms with Crippen LogP contribution in [-0.4, -0.2) is 23.2 Å². The van der Waals surface area contributed by atoms with Crippen molar-refractivity contribution in [2.24, 2.45) is 5.92 Å². The number of benzene rings is 1. The van der Waals surface area contributed by atoms with Crippen molar-refractivity contribution in [2.75, 3.05) is 6.54 Å². The lowest BCUT2D eigenvalue weighted by atomic mass is 9.95. The van der Waals surface area contributed by atoms with Gasteiger partial charge in [0.05, 0.1) is 11.2 Å². The summed E-state index contributed by atoms with van der Waals surface area (Å²) in [5.41, 5.74) is -0.131. The van der Waals surface area contributed by atoms with Crippen LogP contribution in [0, 0.1) is 18.7 Å². The third kappa shape index (κ3) is 5.29. The van der Waals surface area contributed by atoms with Crippen LogP contribution in [0.15, 0.2) is 18.2 Å². The Balaban J connectivity index is 2.60. The Labute approximate surface area is 120 Å². The molecule has 112 valence electrons. The van der Waals surface area contributed by atoms with Gasteiger partial charge in [-0.25, -0.2) is 4.39 Å². The van der Waals surface area contributed by atoms with Crippen LogP contribution in [0.25, 0.3) is 0 Å². The number of nitrogens with one attached hydrogen (secondary N) is 1. The smallest absolute Gasteiger partial charge is 0.254 e. The number of rotatable bonds is 6. The Bertz CT molecular complexity index is 470. The molecule has 0 aliphatic rings. The first-order valence-electron chi connectivity index (χ1n) is 6.98. The lowest BCUT2D eigenvalue weighted by Gasteiger charge is -2.24. The highest BCUT2D eigenvalue weighted by atomic mass is 19.1. The van der Waals surface area contributed by atoms with Crippen LogP contribution in [0.5, 0.6) is 0 Å². The molecule has 3 nitrogen and oxygen atoms in total. The van der Waals surface area contributed by atoms with E-state index in [0.717, 1.165) is 12.0 Å². The lowest BCUT2D eigenvalue weighted by molar-refractivity contribution is 0.0428. The largest absolute Gasteiger partial charge is 0.388 e. The highest BCUT2D eigenvalue weighted by molar-refractivity contribution is 5.94. The molecule has 0 spiro atoms. The van der Waals surface area contributed by atoms with Crippen molar-refractivity contribution in [3.05, 3.63) is 35.1 Å². The van der Waals surface area contributed by atoms with E-state index in [1.807, 2.05) is 0 Å². The van der Waals surface area contributed by atoms with Crippen molar-refractivity contribution in [3.63, 3.8) is 0 Å². The maximum atomic E-state index is 13.6. The van der Waals surface area contributed by atoms with E-state index in [0.29, 0.717) is 12.3 Å². The molecular weight excluding hydrogens is 257 g/mol. The number of hydrogen-bond acceptors (Lipinski definition) is 2. The molecule has 1 aromatic carbocycles. The van der Waals surface area contributed by atoms with Crippen molar-refractivity contribution in [2.45, 2.75) is 46.1 Å². The molecule has 20 heavy (non-hydrogen) atoms. The normalized spacial score (nSPS) is 14.2. The molecule has 4 heteroatoms. The van der Waals surface area contributed by atoms with Gasteiger partial charge in [0.2, 0.25) is 0 Å². The maximum absolute atomic E-state index is 13.6. The van der Waals surface area contributed by atoms with Crippen molar-refractivity contribution in [1.29, 1.82) is 0 Å². The zero-order valence-electron chi connectivity index (χ0n) is 12.7. The molecule has 0 radical (unpaired) electrons. The van der Waals surface area contributed by atoms with Crippen LogP contribution in [0.4, 0.5) is 4.39 Å². The molecule has 0 fully saturated rings. The predicted octanol–water partition coefficient (Wildman–Crippen LogP) is 3.05. The molecule has 1 rings (SSSR count). The van der Waals surface area contributed by atoms with Gasteiger partial charge in [-0.1, -0.05) is 25.5 Å². The molecule has 1 aromatic rings. The summed E-state index contributed by atoms with van der Waals surface area (Å²) in [5.74, 6) is -0.544. The van der Waals surface area contributed by atoms with Gasteiger partial charge in [-0.2, -0.15) is 0 Å². The Hall–Kier alpha value is -1.42. The van der Waals surface area contributed by atoms with Crippen molar-refractivity contribution in [1.82, 2.24) is 5.32 Å². The summed E-state index contributed by atoms with van der Waals surface area (Å²) in [6.45, 7) is 7.76. The molecule has 0 heterocycles. The standard InChI is InChI=1S/C16H24FNO2/c1-11(2)7-8-16(4,20)10-18-15(19)13-9-12(3)5-6-14(13)17/h5-6,9,11,20H,7-8,10H2,1-4H3,(H,18,19). The van der Waals surface area contributed by atoms with E-state index in [-0.39, 0.29) is 12.1 Å². The van der Waals surface area contributed by atoms with Gasteiger partial charge >= 0.3 is 0 Å². The summed E-state index contributed by atoms with van der Waals surface area (Å²) in [6, 6.07) is 4.40. The molecule has 2 N–H and O–H groups in total. The summed E-state index contributed by atoms with van der Waals surface area (Å²) in [5, 5.41) is 12.8. The van der Waals surface area contributed by atoms with E-state index in [2.05, 4.69) is 19.2 Å². The fourth-order valence-electron chi connectivity index (χ4n) is 1.87. The topological polar surface area (TPSA) is 49.3 Å². The first-order valence-corrected chi connectivity index (χ1v) is 6.98. The van der Waals surface area contributed by atoms with E-state index >= 15 is 0 Å². The minimum Gasteiger partial charge on any atom is -0.388 e. The number of halogens is 1. The zero-order valence-corrected chi connectivity index (χ0v) is 12.7. The van der Waals surface area contributed by atoms with Gasteiger partial charge in [0.15, 0.2) is 0 Å². The van der Waals surface area contributed by atoms with Crippen LogP contribution in [0.3, 0.4) is 0 Å². The first kappa shape index (κ1) is 16.6. The summed E-state index contributed by atoms with van der Waals surface area (Å²) in [4.78, 5) is 11.9. The lowest BCUT2D eigenvalue weighted by Crippen LogP contribution is -2.41. The monoisotopic (exact) mass is 281 g/mol. The minimum absolute atomic E-state index is 0.0182. The quantitative estimate of drug-likeness (QED) is 0.842. The van der Waals surface area contributed by atoms with Crippen LogP contribution in [0.1, 0.15) is 49.5 Å². The van der Waals surface area contributed by atoms with E-state index in [1.165, 1.54) is 12.1 Å². The minimum atomic E-state index is -0.972. The Morgan fingerprint density at radius 2 is 2.10 bits per heavy atom.